The number of esters is 1. The molecule has 0 radical (unpaired) electrons. The second-order valence-electron chi connectivity index (χ2n) is 3.84. The predicted molar refractivity (Wildman–Crippen MR) is 68.3 cm³/mol. The normalized spacial score (nSPS) is 12.1. The van der Waals surface area contributed by atoms with Gasteiger partial charge in [-0.15, -0.1) is 0 Å². The largest absolute Gasteiger partial charge is 0.462 e. The molecule has 0 aliphatic carbocycles. The maximum atomic E-state index is 11.2. The molecule has 0 aromatic carbocycles. The lowest BCUT2D eigenvalue weighted by molar-refractivity contribution is -0.139. The maximum Gasteiger partial charge on any atom is 0.333 e. The second kappa shape index (κ2) is 10.5. The Kier molecular flexibility index (Phi) is 9.78. The summed E-state index contributed by atoms with van der Waals surface area (Å²) >= 11 is 0. The standard InChI is InChI=1S/C14H24O2/c1-4-6-7-8-9-10-11-12-16-14(15)13(3)5-2/h5-7H,4,8-12H2,1-3H3/b7-6+,13-5+. The van der Waals surface area contributed by atoms with Gasteiger partial charge in [0, 0.05) is 5.57 Å². The fourth-order valence-electron chi connectivity index (χ4n) is 1.22. The van der Waals surface area contributed by atoms with Crippen LogP contribution in [0.2, 0.25) is 0 Å². The summed E-state index contributed by atoms with van der Waals surface area (Å²) in [6.07, 6.45) is 11.7. The van der Waals surface area contributed by atoms with Crippen molar-refractivity contribution < 1.29 is 9.53 Å². The molecule has 0 fully saturated rings. The van der Waals surface area contributed by atoms with Crippen molar-refractivity contribution in [2.24, 2.45) is 0 Å². The van der Waals surface area contributed by atoms with E-state index in [9.17, 15) is 4.79 Å². The highest BCUT2D eigenvalue weighted by Gasteiger charge is 2.02. The zero-order valence-electron chi connectivity index (χ0n) is 10.8. The van der Waals surface area contributed by atoms with Gasteiger partial charge in [0.1, 0.15) is 0 Å². The van der Waals surface area contributed by atoms with Crippen LogP contribution in [-0.2, 0) is 9.53 Å². The Balaban J connectivity index is 3.34. The molecule has 2 nitrogen and oxygen atoms in total. The highest BCUT2D eigenvalue weighted by molar-refractivity contribution is 5.87. The highest BCUT2D eigenvalue weighted by Crippen LogP contribution is 2.03. The van der Waals surface area contributed by atoms with Crippen molar-refractivity contribution in [3.05, 3.63) is 23.8 Å². The van der Waals surface area contributed by atoms with Crippen LogP contribution >= 0.6 is 0 Å². The molecule has 0 spiro atoms. The van der Waals surface area contributed by atoms with E-state index in [0.717, 1.165) is 25.7 Å². The van der Waals surface area contributed by atoms with Gasteiger partial charge in [0.05, 0.1) is 6.61 Å². The molecule has 0 amide bonds. The van der Waals surface area contributed by atoms with Crippen LogP contribution in [0, 0.1) is 0 Å². The SMILES string of the molecule is C/C=C(\C)C(=O)OCCCCC/C=C/CC. The van der Waals surface area contributed by atoms with E-state index >= 15 is 0 Å². The molecule has 0 rings (SSSR count). The molecular formula is C14H24O2. The summed E-state index contributed by atoms with van der Waals surface area (Å²) in [5.41, 5.74) is 0.686. The van der Waals surface area contributed by atoms with E-state index in [1.807, 2.05) is 6.92 Å². The Morgan fingerprint density at radius 3 is 2.56 bits per heavy atom. The van der Waals surface area contributed by atoms with E-state index in [1.165, 1.54) is 6.42 Å². The molecule has 0 aliphatic heterocycles. The minimum absolute atomic E-state index is 0.187. The molecule has 0 aliphatic rings. The van der Waals surface area contributed by atoms with Gasteiger partial charge >= 0.3 is 5.97 Å². The second-order valence-corrected chi connectivity index (χ2v) is 3.84. The van der Waals surface area contributed by atoms with Gasteiger partial charge in [0.2, 0.25) is 0 Å². The van der Waals surface area contributed by atoms with E-state index < -0.39 is 0 Å². The molecule has 0 aromatic rings. The predicted octanol–water partition coefficient (Wildman–Crippen LogP) is 4.02. The Bertz CT molecular complexity index is 239. The molecule has 0 bridgehead atoms. The van der Waals surface area contributed by atoms with Gasteiger partial charge < -0.3 is 4.74 Å². The molecule has 0 saturated carbocycles. The quantitative estimate of drug-likeness (QED) is 0.269. The smallest absolute Gasteiger partial charge is 0.333 e. The summed E-state index contributed by atoms with van der Waals surface area (Å²) in [6.45, 7) is 6.30. The third-order valence-electron chi connectivity index (χ3n) is 2.41. The monoisotopic (exact) mass is 224 g/mol. The Labute approximate surface area is 99.4 Å². The molecule has 0 atom stereocenters. The summed E-state index contributed by atoms with van der Waals surface area (Å²) in [5.74, 6) is -0.187. The first-order valence-electron chi connectivity index (χ1n) is 6.17. The van der Waals surface area contributed by atoms with Gasteiger partial charge in [-0.25, -0.2) is 4.79 Å². The number of carbonyl (C=O) groups is 1. The van der Waals surface area contributed by atoms with Crippen LogP contribution in [0.4, 0.5) is 0 Å². The summed E-state index contributed by atoms with van der Waals surface area (Å²) < 4.78 is 5.10. The Morgan fingerprint density at radius 2 is 1.94 bits per heavy atom. The maximum absolute atomic E-state index is 11.2. The van der Waals surface area contributed by atoms with Crippen LogP contribution in [0.5, 0.6) is 0 Å². The third-order valence-corrected chi connectivity index (χ3v) is 2.41. The van der Waals surface area contributed by atoms with E-state index in [1.54, 1.807) is 13.0 Å². The first-order valence-corrected chi connectivity index (χ1v) is 6.17. The minimum atomic E-state index is -0.187. The lowest BCUT2D eigenvalue weighted by atomic mass is 10.2. The van der Waals surface area contributed by atoms with Gasteiger partial charge in [-0.2, -0.15) is 0 Å². The van der Waals surface area contributed by atoms with Crippen molar-refractivity contribution in [2.75, 3.05) is 6.61 Å². The zero-order valence-corrected chi connectivity index (χ0v) is 10.8. The van der Waals surface area contributed by atoms with Gasteiger partial charge in [-0.3, -0.25) is 0 Å². The highest BCUT2D eigenvalue weighted by atomic mass is 16.5. The fraction of sp³-hybridized carbons (Fsp3) is 0.643. The number of allylic oxidation sites excluding steroid dienone is 3. The van der Waals surface area contributed by atoms with Crippen LogP contribution in [0.15, 0.2) is 23.8 Å². The number of carbonyl (C=O) groups excluding carboxylic acids is 1. The lowest BCUT2D eigenvalue weighted by Gasteiger charge is -2.03. The van der Waals surface area contributed by atoms with Crippen LogP contribution in [0.1, 0.15) is 52.9 Å². The lowest BCUT2D eigenvalue weighted by Crippen LogP contribution is -2.06. The first kappa shape index (κ1) is 14.9. The van der Waals surface area contributed by atoms with Crippen LogP contribution in [-0.4, -0.2) is 12.6 Å². The van der Waals surface area contributed by atoms with Crippen molar-refractivity contribution in [3.8, 4) is 0 Å². The number of hydrogen-bond donors (Lipinski definition) is 0. The fourth-order valence-corrected chi connectivity index (χ4v) is 1.22. The van der Waals surface area contributed by atoms with E-state index in [0.29, 0.717) is 12.2 Å². The number of rotatable bonds is 8. The van der Waals surface area contributed by atoms with E-state index in [2.05, 4.69) is 19.1 Å². The molecule has 2 heteroatoms. The number of hydrogen-bond acceptors (Lipinski definition) is 2. The van der Waals surface area contributed by atoms with Crippen molar-refractivity contribution in [1.82, 2.24) is 0 Å². The Hall–Kier alpha value is -1.05. The third kappa shape index (κ3) is 8.27. The van der Waals surface area contributed by atoms with Crippen LogP contribution in [0.25, 0.3) is 0 Å². The molecule has 92 valence electrons. The molecule has 16 heavy (non-hydrogen) atoms. The topological polar surface area (TPSA) is 26.3 Å². The van der Waals surface area contributed by atoms with Crippen molar-refractivity contribution in [1.29, 1.82) is 0 Å². The van der Waals surface area contributed by atoms with Crippen molar-refractivity contribution in [3.63, 3.8) is 0 Å². The summed E-state index contributed by atoms with van der Waals surface area (Å²) in [7, 11) is 0. The average Bonchev–Trinajstić information content (AvgIpc) is 2.31. The van der Waals surface area contributed by atoms with Crippen molar-refractivity contribution >= 4 is 5.97 Å². The molecule has 0 aromatic heterocycles. The summed E-state index contributed by atoms with van der Waals surface area (Å²) in [4.78, 5) is 11.2. The molecule has 0 unspecified atom stereocenters. The van der Waals surface area contributed by atoms with Crippen LogP contribution < -0.4 is 0 Å². The Morgan fingerprint density at radius 1 is 1.19 bits per heavy atom. The molecule has 0 saturated heterocycles. The number of unbranched alkanes of at least 4 members (excludes halogenated alkanes) is 3. The average molecular weight is 224 g/mol. The summed E-state index contributed by atoms with van der Waals surface area (Å²) in [5, 5.41) is 0. The van der Waals surface area contributed by atoms with Crippen molar-refractivity contribution in [2.45, 2.75) is 52.9 Å². The van der Waals surface area contributed by atoms with Gasteiger partial charge in [0.15, 0.2) is 0 Å². The number of ether oxygens (including phenoxy) is 1. The van der Waals surface area contributed by atoms with E-state index in [4.69, 9.17) is 4.74 Å². The van der Waals surface area contributed by atoms with Gasteiger partial charge in [-0.05, 0) is 46.0 Å². The van der Waals surface area contributed by atoms with Gasteiger partial charge in [-0.1, -0.05) is 25.2 Å². The van der Waals surface area contributed by atoms with E-state index in [-0.39, 0.29) is 5.97 Å². The first-order chi connectivity index (χ1) is 7.72. The van der Waals surface area contributed by atoms with Crippen LogP contribution in [0.3, 0.4) is 0 Å². The van der Waals surface area contributed by atoms with Gasteiger partial charge in [0.25, 0.3) is 0 Å². The minimum Gasteiger partial charge on any atom is -0.462 e. The zero-order chi connectivity index (χ0) is 12.2. The molecule has 0 heterocycles. The summed E-state index contributed by atoms with van der Waals surface area (Å²) in [6, 6.07) is 0. The molecular weight excluding hydrogens is 200 g/mol. The molecule has 0 N–H and O–H groups in total.